The second-order valence-corrected chi connectivity index (χ2v) is 9.82. The first-order valence-electron chi connectivity index (χ1n) is 11.1. The molecule has 7 nitrogen and oxygen atoms in total. The number of nitrogens with zero attached hydrogens (tertiary/aromatic N) is 3. The van der Waals surface area contributed by atoms with Crippen LogP contribution in [0.4, 0.5) is 8.78 Å². The zero-order chi connectivity index (χ0) is 23.5. The molecule has 2 aliphatic carbocycles. The van der Waals surface area contributed by atoms with Crippen LogP contribution in [-0.2, 0) is 10.3 Å². The van der Waals surface area contributed by atoms with Crippen molar-refractivity contribution in [3.8, 4) is 11.3 Å². The Hall–Kier alpha value is -2.52. The molecule has 3 atom stereocenters. The number of guanidine groups is 1. The van der Waals surface area contributed by atoms with Gasteiger partial charge >= 0.3 is 0 Å². The van der Waals surface area contributed by atoms with Gasteiger partial charge in [0.25, 0.3) is 5.92 Å². The molecule has 2 heterocycles. The van der Waals surface area contributed by atoms with Crippen LogP contribution in [0.15, 0.2) is 33.8 Å². The highest BCUT2D eigenvalue weighted by Gasteiger charge is 2.48. The van der Waals surface area contributed by atoms with Crippen LogP contribution in [-0.4, -0.2) is 45.1 Å². The largest absolute Gasteiger partial charge is 0.387 e. The fraction of sp³-hybridized carbons (Fsp3) is 0.522. The molecule has 1 aromatic heterocycles. The fourth-order valence-corrected chi connectivity index (χ4v) is 5.26. The summed E-state index contributed by atoms with van der Waals surface area (Å²) in [5.74, 6) is -2.58. The third-order valence-corrected chi connectivity index (χ3v) is 7.31. The molecule has 33 heavy (non-hydrogen) atoms. The summed E-state index contributed by atoms with van der Waals surface area (Å²) >= 11 is 6.76. The lowest BCUT2D eigenvalue weighted by molar-refractivity contribution is -0.151. The lowest BCUT2D eigenvalue weighted by Gasteiger charge is -2.43. The molecule has 0 radical (unpaired) electrons. The van der Waals surface area contributed by atoms with Crippen molar-refractivity contribution < 1.29 is 23.2 Å². The van der Waals surface area contributed by atoms with Crippen molar-refractivity contribution in [2.75, 3.05) is 0 Å². The quantitative estimate of drug-likeness (QED) is 0.685. The Labute approximate surface area is 194 Å². The standard InChI is InChI=1S/C23H25ClF2N4O3/c1-22(11-19(32)30(21(27)28-22)13-7-8-23(25,26)18(31)9-13)15-4-2-3-14(20(15)24)17-10-16(29-33-17)12-5-6-12/h2-4,10,12-13,18,31H,5-9,11H2,1H3,(H2,27,28)/t13-,18-,22+/m1/s1. The molecule has 3 N–H and O–H groups in total. The Balaban J connectivity index is 1.45. The molecule has 2 aromatic rings. The zero-order valence-corrected chi connectivity index (χ0v) is 18.9. The summed E-state index contributed by atoms with van der Waals surface area (Å²) in [5.41, 5.74) is 7.31. The minimum atomic E-state index is -3.16. The molecule has 0 bridgehead atoms. The van der Waals surface area contributed by atoms with Gasteiger partial charge in [-0.3, -0.25) is 9.69 Å². The van der Waals surface area contributed by atoms with Crippen molar-refractivity contribution in [2.24, 2.45) is 10.7 Å². The number of amides is 1. The summed E-state index contributed by atoms with van der Waals surface area (Å²) in [4.78, 5) is 19.0. The molecule has 176 valence electrons. The van der Waals surface area contributed by atoms with E-state index in [0.29, 0.717) is 27.8 Å². The number of carbonyl (C=O) groups is 1. The Kier molecular flexibility index (Phi) is 5.25. The number of aliphatic hydroxyl groups is 1. The Morgan fingerprint density at radius 2 is 2.06 bits per heavy atom. The fourth-order valence-electron chi connectivity index (χ4n) is 4.83. The molecule has 0 unspecified atom stereocenters. The molecule has 10 heteroatoms. The van der Waals surface area contributed by atoms with Crippen LogP contribution in [0, 0.1) is 0 Å². The Bertz CT molecular complexity index is 1130. The third-order valence-electron chi connectivity index (χ3n) is 6.90. The maximum absolute atomic E-state index is 13.7. The van der Waals surface area contributed by atoms with Gasteiger partial charge in [-0.2, -0.15) is 0 Å². The number of carbonyl (C=O) groups excluding carboxylic acids is 1. The Morgan fingerprint density at radius 3 is 2.73 bits per heavy atom. The minimum absolute atomic E-state index is 0.0355. The topological polar surface area (TPSA) is 105 Å². The van der Waals surface area contributed by atoms with Gasteiger partial charge in [-0.05, 0) is 37.8 Å². The second-order valence-electron chi connectivity index (χ2n) is 9.45. The first-order valence-corrected chi connectivity index (χ1v) is 11.5. The smallest absolute Gasteiger partial charge is 0.273 e. The molecule has 5 rings (SSSR count). The van der Waals surface area contributed by atoms with Crippen molar-refractivity contribution in [1.82, 2.24) is 10.1 Å². The second kappa shape index (κ2) is 7.77. The molecule has 2 fully saturated rings. The van der Waals surface area contributed by atoms with Gasteiger partial charge < -0.3 is 15.4 Å². The van der Waals surface area contributed by atoms with E-state index in [1.54, 1.807) is 13.0 Å². The monoisotopic (exact) mass is 478 g/mol. The lowest BCUT2D eigenvalue weighted by atomic mass is 9.84. The number of rotatable bonds is 4. The molecule has 0 spiro atoms. The number of benzene rings is 1. The number of halogens is 3. The van der Waals surface area contributed by atoms with E-state index >= 15 is 0 Å². The van der Waals surface area contributed by atoms with Crippen LogP contribution in [0.2, 0.25) is 5.02 Å². The molecule has 1 aliphatic heterocycles. The van der Waals surface area contributed by atoms with Gasteiger partial charge in [0.15, 0.2) is 11.7 Å². The van der Waals surface area contributed by atoms with E-state index in [4.69, 9.17) is 21.9 Å². The number of aromatic nitrogens is 1. The van der Waals surface area contributed by atoms with Crippen LogP contribution in [0.5, 0.6) is 0 Å². The Morgan fingerprint density at radius 1 is 1.30 bits per heavy atom. The van der Waals surface area contributed by atoms with Gasteiger partial charge in [-0.25, -0.2) is 13.8 Å². The van der Waals surface area contributed by atoms with Crippen LogP contribution in [0.1, 0.15) is 62.6 Å². The number of aliphatic hydroxyl groups excluding tert-OH is 1. The molecule has 1 amide bonds. The molecular formula is C23H25ClF2N4O3. The van der Waals surface area contributed by atoms with Crippen molar-refractivity contribution in [1.29, 1.82) is 0 Å². The van der Waals surface area contributed by atoms with E-state index < -0.39 is 30.0 Å². The van der Waals surface area contributed by atoms with Crippen LogP contribution >= 0.6 is 11.6 Å². The first-order chi connectivity index (χ1) is 15.6. The molecule has 0 saturated heterocycles. The summed E-state index contributed by atoms with van der Waals surface area (Å²) in [7, 11) is 0. The normalized spacial score (nSPS) is 29.8. The van der Waals surface area contributed by atoms with E-state index in [9.17, 15) is 18.7 Å². The average molecular weight is 479 g/mol. The maximum Gasteiger partial charge on any atom is 0.273 e. The van der Waals surface area contributed by atoms with Gasteiger partial charge in [0.1, 0.15) is 6.10 Å². The van der Waals surface area contributed by atoms with Crippen molar-refractivity contribution in [3.63, 3.8) is 0 Å². The van der Waals surface area contributed by atoms with Gasteiger partial charge in [0, 0.05) is 36.4 Å². The summed E-state index contributed by atoms with van der Waals surface area (Å²) in [6.07, 6.45) is -0.395. The highest BCUT2D eigenvalue weighted by molar-refractivity contribution is 6.34. The maximum atomic E-state index is 13.7. The van der Waals surface area contributed by atoms with Gasteiger partial charge in [0.2, 0.25) is 5.91 Å². The average Bonchev–Trinajstić information content (AvgIpc) is 3.47. The molecule has 1 aromatic carbocycles. The predicted molar refractivity (Wildman–Crippen MR) is 118 cm³/mol. The zero-order valence-electron chi connectivity index (χ0n) is 18.1. The summed E-state index contributed by atoms with van der Waals surface area (Å²) < 4.78 is 32.9. The van der Waals surface area contributed by atoms with Crippen molar-refractivity contribution >= 4 is 23.5 Å². The lowest BCUT2D eigenvalue weighted by Crippen LogP contribution is -2.57. The van der Waals surface area contributed by atoms with Gasteiger partial charge in [0.05, 0.1) is 22.7 Å². The van der Waals surface area contributed by atoms with E-state index in [-0.39, 0.29) is 31.1 Å². The van der Waals surface area contributed by atoms with Gasteiger partial charge in [-0.15, -0.1) is 0 Å². The molecular weight excluding hydrogens is 454 g/mol. The molecule has 3 aliphatic rings. The highest BCUT2D eigenvalue weighted by Crippen LogP contribution is 2.45. The highest BCUT2D eigenvalue weighted by atomic mass is 35.5. The SMILES string of the molecule is C[C@@]1(c2cccc(-c3cc(C4CC4)no3)c2Cl)CC(=O)N([C@@H]2CCC(F)(F)[C@H](O)C2)C(N)=N1. The van der Waals surface area contributed by atoms with Crippen LogP contribution < -0.4 is 5.73 Å². The van der Waals surface area contributed by atoms with E-state index in [1.807, 2.05) is 18.2 Å². The van der Waals surface area contributed by atoms with Crippen LogP contribution in [0.25, 0.3) is 11.3 Å². The van der Waals surface area contributed by atoms with Crippen LogP contribution in [0.3, 0.4) is 0 Å². The number of hydrogen-bond acceptors (Lipinski definition) is 6. The summed E-state index contributed by atoms with van der Waals surface area (Å²) in [5, 5.41) is 14.3. The van der Waals surface area contributed by atoms with E-state index in [0.717, 1.165) is 18.5 Å². The minimum Gasteiger partial charge on any atom is -0.387 e. The first kappa shape index (κ1) is 22.3. The number of aliphatic imine (C=N–C) groups is 1. The van der Waals surface area contributed by atoms with Crippen molar-refractivity contribution in [3.05, 3.63) is 40.5 Å². The summed E-state index contributed by atoms with van der Waals surface area (Å²) in [6.45, 7) is 1.76. The summed E-state index contributed by atoms with van der Waals surface area (Å²) in [6, 6.07) is 6.68. The third kappa shape index (κ3) is 3.91. The number of hydrogen-bond donors (Lipinski definition) is 2. The predicted octanol–water partition coefficient (Wildman–Crippen LogP) is 4.18. The number of alkyl halides is 2. The van der Waals surface area contributed by atoms with E-state index in [1.165, 1.54) is 4.90 Å². The van der Waals surface area contributed by atoms with E-state index in [2.05, 4.69) is 10.1 Å². The van der Waals surface area contributed by atoms with Crippen molar-refractivity contribution in [2.45, 2.75) is 75.0 Å². The molecule has 2 saturated carbocycles. The number of nitrogens with two attached hydrogens (primary N) is 1. The van der Waals surface area contributed by atoms with Gasteiger partial charge in [-0.1, -0.05) is 28.9 Å².